The van der Waals surface area contributed by atoms with Crippen LogP contribution >= 0.6 is 0 Å². The van der Waals surface area contributed by atoms with Gasteiger partial charge in [-0.05, 0) is 48.4 Å². The quantitative estimate of drug-likeness (QED) is 0.738. The van der Waals surface area contributed by atoms with Crippen molar-refractivity contribution < 1.29 is 14.0 Å². The number of nitrogens with one attached hydrogen (secondary N) is 1. The Morgan fingerprint density at radius 2 is 1.80 bits per heavy atom. The Morgan fingerprint density at radius 3 is 2.53 bits per heavy atom. The Kier molecular flexibility index (Phi) is 6.13. The van der Waals surface area contributed by atoms with E-state index in [2.05, 4.69) is 11.4 Å². The van der Waals surface area contributed by atoms with Gasteiger partial charge in [0.2, 0.25) is 11.8 Å². The zero-order chi connectivity index (χ0) is 21.1. The van der Waals surface area contributed by atoms with Crippen LogP contribution in [0.2, 0.25) is 0 Å². The predicted octanol–water partition coefficient (Wildman–Crippen LogP) is 2.57. The lowest BCUT2D eigenvalue weighted by molar-refractivity contribution is -0.135. The van der Waals surface area contributed by atoms with Gasteiger partial charge in [-0.2, -0.15) is 0 Å². The topological polar surface area (TPSA) is 75.4 Å². The van der Waals surface area contributed by atoms with Crippen molar-refractivity contribution in [2.75, 3.05) is 6.54 Å². The number of halogens is 1. The van der Waals surface area contributed by atoms with Crippen molar-refractivity contribution in [3.05, 3.63) is 71.0 Å². The fourth-order valence-electron chi connectivity index (χ4n) is 4.13. The average Bonchev–Trinajstić information content (AvgIpc) is 3.58. The van der Waals surface area contributed by atoms with E-state index in [9.17, 15) is 14.0 Å². The smallest absolute Gasteiger partial charge is 0.224 e. The van der Waals surface area contributed by atoms with E-state index in [1.165, 1.54) is 11.6 Å². The Morgan fingerprint density at radius 1 is 1.10 bits per heavy atom. The molecule has 1 heterocycles. The van der Waals surface area contributed by atoms with Crippen molar-refractivity contribution in [2.24, 2.45) is 11.7 Å². The molecule has 158 valence electrons. The normalized spacial score (nSPS) is 19.1. The first-order chi connectivity index (χ1) is 14.5. The van der Waals surface area contributed by atoms with Crippen molar-refractivity contribution >= 4 is 11.8 Å². The van der Waals surface area contributed by atoms with Crippen LogP contribution in [0, 0.1) is 11.7 Å². The summed E-state index contributed by atoms with van der Waals surface area (Å²) >= 11 is 0. The number of nitrogens with two attached hydrogens (primary N) is 1. The van der Waals surface area contributed by atoms with E-state index in [1.54, 1.807) is 18.2 Å². The second kappa shape index (κ2) is 8.96. The highest BCUT2D eigenvalue weighted by Crippen LogP contribution is 2.29. The molecule has 0 radical (unpaired) electrons. The molecule has 2 atom stereocenters. The van der Waals surface area contributed by atoms with Crippen LogP contribution in [0.1, 0.15) is 36.0 Å². The van der Waals surface area contributed by atoms with Gasteiger partial charge in [-0.3, -0.25) is 9.59 Å². The zero-order valence-electron chi connectivity index (χ0n) is 17.0. The highest BCUT2D eigenvalue weighted by atomic mass is 19.1. The summed E-state index contributed by atoms with van der Waals surface area (Å²) < 4.78 is 13.9. The average molecular weight is 410 g/mol. The maximum Gasteiger partial charge on any atom is 0.224 e. The molecule has 1 aliphatic carbocycles. The van der Waals surface area contributed by atoms with Crippen molar-refractivity contribution in [2.45, 2.75) is 50.7 Å². The molecule has 0 spiro atoms. The molecule has 4 rings (SSSR count). The molecular formula is C24H28FN3O2. The zero-order valence-corrected chi connectivity index (χ0v) is 17.0. The molecule has 0 saturated heterocycles. The van der Waals surface area contributed by atoms with Gasteiger partial charge in [0, 0.05) is 31.5 Å². The molecule has 2 aliphatic rings. The minimum atomic E-state index is -0.465. The van der Waals surface area contributed by atoms with Crippen molar-refractivity contribution in [3.8, 4) is 0 Å². The number of benzene rings is 2. The summed E-state index contributed by atoms with van der Waals surface area (Å²) in [6.45, 7) is 0.948. The molecule has 2 aromatic carbocycles. The van der Waals surface area contributed by atoms with Gasteiger partial charge in [0.05, 0.1) is 6.04 Å². The van der Waals surface area contributed by atoms with Crippen LogP contribution in [0.4, 0.5) is 4.39 Å². The van der Waals surface area contributed by atoms with E-state index in [0.717, 1.165) is 18.4 Å². The van der Waals surface area contributed by atoms with E-state index in [4.69, 9.17) is 5.73 Å². The third kappa shape index (κ3) is 4.87. The number of nitrogens with zero attached hydrogens (tertiary/aromatic N) is 1. The maximum absolute atomic E-state index is 13.9. The number of carbonyl (C=O) groups is 2. The Hall–Kier alpha value is -2.73. The van der Waals surface area contributed by atoms with Gasteiger partial charge in [-0.15, -0.1) is 0 Å². The van der Waals surface area contributed by atoms with E-state index >= 15 is 0 Å². The Labute approximate surface area is 176 Å². The van der Waals surface area contributed by atoms with Gasteiger partial charge >= 0.3 is 0 Å². The number of fused-ring (bicyclic) bond motifs is 1. The van der Waals surface area contributed by atoms with Crippen LogP contribution < -0.4 is 11.1 Å². The van der Waals surface area contributed by atoms with Crippen LogP contribution in [-0.2, 0) is 29.0 Å². The molecule has 6 heteroatoms. The first-order valence-corrected chi connectivity index (χ1v) is 10.6. The summed E-state index contributed by atoms with van der Waals surface area (Å²) in [4.78, 5) is 27.1. The lowest BCUT2D eigenvalue weighted by Gasteiger charge is -2.37. The standard InChI is InChI=1S/C24H28FN3O2/c25-22-8-4-3-6-18(22)11-20(26)13-23(29)28-15-19-7-2-1-5-17(19)12-21(28)14-27-24(30)16-9-10-16/h1-8,16,20-21H,9-15,26H2,(H,27,30)/t20-,21?/m1/s1. The van der Waals surface area contributed by atoms with Gasteiger partial charge in [0.25, 0.3) is 0 Å². The number of carbonyl (C=O) groups excluding carboxylic acids is 2. The third-order valence-electron chi connectivity index (χ3n) is 6.01. The maximum atomic E-state index is 13.9. The van der Waals surface area contributed by atoms with E-state index in [-0.39, 0.29) is 36.0 Å². The van der Waals surface area contributed by atoms with Gasteiger partial charge in [0.15, 0.2) is 0 Å². The van der Waals surface area contributed by atoms with Gasteiger partial charge in [-0.1, -0.05) is 42.5 Å². The molecule has 1 saturated carbocycles. The second-order valence-electron chi connectivity index (χ2n) is 8.43. The first-order valence-electron chi connectivity index (χ1n) is 10.6. The van der Waals surface area contributed by atoms with Crippen molar-refractivity contribution in [3.63, 3.8) is 0 Å². The molecule has 2 aromatic rings. The van der Waals surface area contributed by atoms with Gasteiger partial charge in [-0.25, -0.2) is 4.39 Å². The predicted molar refractivity (Wildman–Crippen MR) is 113 cm³/mol. The summed E-state index contributed by atoms with van der Waals surface area (Å²) in [5, 5.41) is 3.02. The minimum absolute atomic E-state index is 0.0565. The summed E-state index contributed by atoms with van der Waals surface area (Å²) in [5.41, 5.74) is 9.07. The van der Waals surface area contributed by atoms with Crippen molar-refractivity contribution in [1.82, 2.24) is 10.2 Å². The fourth-order valence-corrected chi connectivity index (χ4v) is 4.13. The highest BCUT2D eigenvalue weighted by molar-refractivity contribution is 5.81. The van der Waals surface area contributed by atoms with Crippen LogP contribution in [0.3, 0.4) is 0 Å². The summed E-state index contributed by atoms with van der Waals surface area (Å²) in [6.07, 6.45) is 3.06. The fraction of sp³-hybridized carbons (Fsp3) is 0.417. The van der Waals surface area contributed by atoms with Crippen LogP contribution in [-0.4, -0.2) is 35.3 Å². The lowest BCUT2D eigenvalue weighted by atomic mass is 9.93. The lowest BCUT2D eigenvalue weighted by Crippen LogP contribution is -2.51. The Bertz CT molecular complexity index is 928. The second-order valence-corrected chi connectivity index (χ2v) is 8.43. The molecule has 30 heavy (non-hydrogen) atoms. The minimum Gasteiger partial charge on any atom is -0.354 e. The molecule has 1 unspecified atom stereocenters. The number of hydrogen-bond acceptors (Lipinski definition) is 3. The van der Waals surface area contributed by atoms with Gasteiger partial charge < -0.3 is 16.0 Å². The summed E-state index contributed by atoms with van der Waals surface area (Å²) in [6, 6.07) is 14.0. The molecule has 3 N–H and O–H groups in total. The SMILES string of the molecule is N[C@@H](CC(=O)N1Cc2ccccc2CC1CNC(=O)C1CC1)Cc1ccccc1F. The number of rotatable bonds is 7. The largest absolute Gasteiger partial charge is 0.354 e. The Balaban J connectivity index is 1.43. The van der Waals surface area contributed by atoms with Crippen LogP contribution in [0.25, 0.3) is 0 Å². The van der Waals surface area contributed by atoms with E-state index in [1.807, 2.05) is 23.1 Å². The van der Waals surface area contributed by atoms with Gasteiger partial charge in [0.1, 0.15) is 5.82 Å². The monoisotopic (exact) mass is 409 g/mol. The summed E-state index contributed by atoms with van der Waals surface area (Å²) in [7, 11) is 0. The van der Waals surface area contributed by atoms with Crippen molar-refractivity contribution in [1.29, 1.82) is 0 Å². The molecule has 5 nitrogen and oxygen atoms in total. The highest BCUT2D eigenvalue weighted by Gasteiger charge is 2.33. The first kappa shape index (κ1) is 20.5. The number of hydrogen-bond donors (Lipinski definition) is 2. The number of amides is 2. The third-order valence-corrected chi connectivity index (χ3v) is 6.01. The molecule has 0 bridgehead atoms. The molecule has 1 aliphatic heterocycles. The van der Waals surface area contributed by atoms with E-state index < -0.39 is 6.04 Å². The summed E-state index contributed by atoms with van der Waals surface area (Å²) in [5.74, 6) is -0.135. The molecule has 2 amide bonds. The van der Waals surface area contributed by atoms with E-state index in [0.29, 0.717) is 31.5 Å². The molecule has 1 fully saturated rings. The molecular weight excluding hydrogens is 381 g/mol. The van der Waals surface area contributed by atoms with Crippen LogP contribution in [0.15, 0.2) is 48.5 Å². The van der Waals surface area contributed by atoms with Crippen LogP contribution in [0.5, 0.6) is 0 Å². The molecule has 0 aromatic heterocycles.